The van der Waals surface area contributed by atoms with Crippen molar-refractivity contribution in [3.05, 3.63) is 53.7 Å². The Labute approximate surface area is 119 Å². The maximum atomic E-state index is 5.75. The van der Waals surface area contributed by atoms with Crippen molar-refractivity contribution in [3.8, 4) is 5.75 Å². The van der Waals surface area contributed by atoms with E-state index in [1.807, 2.05) is 12.1 Å². The van der Waals surface area contributed by atoms with E-state index in [1.165, 1.54) is 31.2 Å². The van der Waals surface area contributed by atoms with Crippen LogP contribution in [-0.2, 0) is 13.0 Å². The monoisotopic (exact) mass is 268 g/mol. The molecule has 0 amide bonds. The third-order valence-corrected chi connectivity index (χ3v) is 3.97. The number of nitrogens with two attached hydrogens (primary N) is 1. The second kappa shape index (κ2) is 5.95. The van der Waals surface area contributed by atoms with Crippen molar-refractivity contribution in [3.63, 3.8) is 0 Å². The lowest BCUT2D eigenvalue weighted by atomic mass is 9.81. The van der Waals surface area contributed by atoms with Gasteiger partial charge in [-0.05, 0) is 35.6 Å². The molecule has 104 valence electrons. The molecule has 0 radical (unpaired) electrons. The molecule has 0 aliphatic heterocycles. The highest BCUT2D eigenvalue weighted by atomic mass is 16.5. The van der Waals surface area contributed by atoms with E-state index < -0.39 is 0 Å². The first-order chi connectivity index (χ1) is 9.81. The van der Waals surface area contributed by atoms with E-state index in [0.717, 1.165) is 11.5 Å². The van der Waals surface area contributed by atoms with Gasteiger partial charge in [-0.25, -0.2) is 4.98 Å². The Hall–Kier alpha value is -2.03. The van der Waals surface area contributed by atoms with Gasteiger partial charge in [0.25, 0.3) is 0 Å². The second-order valence-corrected chi connectivity index (χ2v) is 5.49. The van der Waals surface area contributed by atoms with Crippen molar-refractivity contribution >= 4 is 5.82 Å². The maximum Gasteiger partial charge on any atom is 0.166 e. The average molecular weight is 268 g/mol. The van der Waals surface area contributed by atoms with Crippen molar-refractivity contribution in [1.82, 2.24) is 4.98 Å². The van der Waals surface area contributed by atoms with Crippen LogP contribution in [0.2, 0.25) is 0 Å². The number of hydrogen-bond donors (Lipinski definition) is 1. The number of hydrogen-bond acceptors (Lipinski definition) is 3. The predicted octanol–water partition coefficient (Wildman–Crippen LogP) is 3.59. The molecule has 1 aliphatic carbocycles. The SMILES string of the molecule is Nc1ncccc1OCc1ccc(CC2CCC2)cc1. The molecule has 0 unspecified atom stereocenters. The van der Waals surface area contributed by atoms with Crippen LogP contribution in [-0.4, -0.2) is 4.98 Å². The minimum atomic E-state index is 0.439. The van der Waals surface area contributed by atoms with Crippen LogP contribution in [0.25, 0.3) is 0 Å². The summed E-state index contributed by atoms with van der Waals surface area (Å²) in [5.41, 5.74) is 8.34. The molecule has 0 atom stereocenters. The van der Waals surface area contributed by atoms with E-state index in [-0.39, 0.29) is 0 Å². The summed E-state index contributed by atoms with van der Waals surface area (Å²) >= 11 is 0. The fourth-order valence-corrected chi connectivity index (χ4v) is 2.49. The van der Waals surface area contributed by atoms with Gasteiger partial charge in [-0.1, -0.05) is 43.5 Å². The quantitative estimate of drug-likeness (QED) is 0.901. The summed E-state index contributed by atoms with van der Waals surface area (Å²) in [5.74, 6) is 1.99. The first kappa shape index (κ1) is 13.0. The molecule has 3 heteroatoms. The fraction of sp³-hybridized carbons (Fsp3) is 0.353. The minimum absolute atomic E-state index is 0.439. The van der Waals surface area contributed by atoms with Gasteiger partial charge < -0.3 is 10.5 Å². The van der Waals surface area contributed by atoms with Crippen molar-refractivity contribution in [2.45, 2.75) is 32.3 Å². The summed E-state index contributed by atoms with van der Waals surface area (Å²) in [6.07, 6.45) is 7.08. The van der Waals surface area contributed by atoms with Gasteiger partial charge in [0.2, 0.25) is 0 Å². The molecule has 3 nitrogen and oxygen atoms in total. The molecule has 0 saturated heterocycles. The van der Waals surface area contributed by atoms with Crippen LogP contribution in [0.4, 0.5) is 5.82 Å². The van der Waals surface area contributed by atoms with E-state index in [9.17, 15) is 0 Å². The Morgan fingerprint density at radius 1 is 1.10 bits per heavy atom. The van der Waals surface area contributed by atoms with E-state index in [4.69, 9.17) is 10.5 Å². The molecule has 3 rings (SSSR count). The second-order valence-electron chi connectivity index (χ2n) is 5.49. The minimum Gasteiger partial charge on any atom is -0.485 e. The maximum absolute atomic E-state index is 5.75. The zero-order valence-electron chi connectivity index (χ0n) is 11.6. The summed E-state index contributed by atoms with van der Waals surface area (Å²) in [6, 6.07) is 12.4. The van der Waals surface area contributed by atoms with Crippen LogP contribution in [0.15, 0.2) is 42.6 Å². The lowest BCUT2D eigenvalue weighted by Gasteiger charge is -2.25. The molecule has 0 spiro atoms. The van der Waals surface area contributed by atoms with Crippen LogP contribution < -0.4 is 10.5 Å². The molecule has 1 aromatic heterocycles. The number of anilines is 1. The largest absolute Gasteiger partial charge is 0.485 e. The standard InChI is InChI=1S/C17H20N2O/c18-17-16(5-2-10-19-17)20-12-15-8-6-14(7-9-15)11-13-3-1-4-13/h2,5-10,13H,1,3-4,11-12H2,(H2,18,19). The van der Waals surface area contributed by atoms with Gasteiger partial charge in [-0.3, -0.25) is 0 Å². The van der Waals surface area contributed by atoms with E-state index in [1.54, 1.807) is 6.20 Å². The van der Waals surface area contributed by atoms with Crippen LogP contribution in [0, 0.1) is 5.92 Å². The Balaban J connectivity index is 1.56. The summed E-state index contributed by atoms with van der Waals surface area (Å²) in [7, 11) is 0. The average Bonchev–Trinajstić information content (AvgIpc) is 2.43. The number of rotatable bonds is 5. The van der Waals surface area contributed by atoms with E-state index in [0.29, 0.717) is 18.2 Å². The Bertz CT molecular complexity index is 561. The molecular formula is C17H20N2O. The number of pyridine rings is 1. The predicted molar refractivity (Wildman–Crippen MR) is 80.5 cm³/mol. The molecule has 1 aliphatic rings. The zero-order valence-corrected chi connectivity index (χ0v) is 11.6. The van der Waals surface area contributed by atoms with Gasteiger partial charge in [0.05, 0.1) is 0 Å². The summed E-state index contributed by atoms with van der Waals surface area (Å²) < 4.78 is 5.69. The molecule has 1 aromatic carbocycles. The van der Waals surface area contributed by atoms with Gasteiger partial charge >= 0.3 is 0 Å². The normalized spacial score (nSPS) is 14.8. The number of nitrogen functional groups attached to an aromatic ring is 1. The van der Waals surface area contributed by atoms with Crippen molar-refractivity contribution in [1.29, 1.82) is 0 Å². The molecule has 2 N–H and O–H groups in total. The molecule has 0 bridgehead atoms. The van der Waals surface area contributed by atoms with Gasteiger partial charge in [0.15, 0.2) is 11.6 Å². The van der Waals surface area contributed by atoms with Gasteiger partial charge in [-0.15, -0.1) is 0 Å². The van der Waals surface area contributed by atoms with Crippen LogP contribution in [0.1, 0.15) is 30.4 Å². The smallest absolute Gasteiger partial charge is 0.166 e. The molecule has 1 fully saturated rings. The topological polar surface area (TPSA) is 48.1 Å². The van der Waals surface area contributed by atoms with E-state index >= 15 is 0 Å². The van der Waals surface area contributed by atoms with Crippen LogP contribution in [0.5, 0.6) is 5.75 Å². The molecule has 1 saturated carbocycles. The lowest BCUT2D eigenvalue weighted by molar-refractivity contribution is 0.306. The number of ether oxygens (including phenoxy) is 1. The highest BCUT2D eigenvalue weighted by Crippen LogP contribution is 2.29. The number of nitrogens with zero attached hydrogens (tertiary/aromatic N) is 1. The van der Waals surface area contributed by atoms with Crippen molar-refractivity contribution < 1.29 is 4.74 Å². The third-order valence-electron chi connectivity index (χ3n) is 3.97. The molecule has 20 heavy (non-hydrogen) atoms. The fourth-order valence-electron chi connectivity index (χ4n) is 2.49. The number of aromatic nitrogens is 1. The molecule has 1 heterocycles. The first-order valence-corrected chi connectivity index (χ1v) is 7.22. The Kier molecular flexibility index (Phi) is 3.86. The highest BCUT2D eigenvalue weighted by molar-refractivity contribution is 5.44. The first-order valence-electron chi connectivity index (χ1n) is 7.22. The lowest BCUT2D eigenvalue weighted by Crippen LogP contribution is -2.13. The molecular weight excluding hydrogens is 248 g/mol. The van der Waals surface area contributed by atoms with Gasteiger partial charge in [0.1, 0.15) is 6.61 Å². The summed E-state index contributed by atoms with van der Waals surface area (Å²) in [5, 5.41) is 0. The van der Waals surface area contributed by atoms with Crippen molar-refractivity contribution in [2.75, 3.05) is 5.73 Å². The Morgan fingerprint density at radius 3 is 2.50 bits per heavy atom. The number of benzene rings is 1. The zero-order chi connectivity index (χ0) is 13.8. The van der Waals surface area contributed by atoms with Crippen molar-refractivity contribution in [2.24, 2.45) is 5.92 Å². The van der Waals surface area contributed by atoms with Crippen LogP contribution in [0.3, 0.4) is 0 Å². The van der Waals surface area contributed by atoms with Gasteiger partial charge in [0, 0.05) is 6.20 Å². The van der Waals surface area contributed by atoms with E-state index in [2.05, 4.69) is 29.2 Å². The summed E-state index contributed by atoms with van der Waals surface area (Å²) in [6.45, 7) is 0.527. The van der Waals surface area contributed by atoms with Gasteiger partial charge in [-0.2, -0.15) is 0 Å². The third kappa shape index (κ3) is 3.10. The summed E-state index contributed by atoms with van der Waals surface area (Å²) in [4.78, 5) is 4.01. The molecule has 2 aromatic rings. The van der Waals surface area contributed by atoms with Crippen LogP contribution >= 0.6 is 0 Å². The highest BCUT2D eigenvalue weighted by Gasteiger charge is 2.17. The Morgan fingerprint density at radius 2 is 1.85 bits per heavy atom.